The Balaban J connectivity index is 3.38. The molecule has 0 fully saturated rings. The second-order valence-electron chi connectivity index (χ2n) is 28.8. The van der Waals surface area contributed by atoms with Gasteiger partial charge in [0.1, 0.15) is 0 Å². The third-order valence-electron chi connectivity index (χ3n) is 19.7. The highest BCUT2D eigenvalue weighted by Crippen LogP contribution is 2.20. The van der Waals surface area contributed by atoms with E-state index >= 15 is 0 Å². The van der Waals surface area contributed by atoms with Crippen molar-refractivity contribution >= 4 is 11.9 Å². The number of allylic oxidation sites excluding steroid dienone is 5. The van der Waals surface area contributed by atoms with Crippen molar-refractivity contribution in [3.05, 3.63) is 36.5 Å². The maximum atomic E-state index is 12.6. The van der Waals surface area contributed by atoms with Gasteiger partial charge in [0.25, 0.3) is 0 Å². The minimum Gasteiger partial charge on any atom is -0.466 e. The summed E-state index contributed by atoms with van der Waals surface area (Å²) in [5.74, 6) is -0.0391. The predicted octanol–water partition coefficient (Wildman–Crippen LogP) is 27.8. The van der Waals surface area contributed by atoms with Gasteiger partial charge in [-0.1, -0.05) is 429 Å². The highest BCUT2D eigenvalue weighted by Gasteiger charge is 2.18. The van der Waals surface area contributed by atoms with Crippen LogP contribution in [0.5, 0.6) is 0 Å². The normalized spacial score (nSPS) is 12.6. The lowest BCUT2D eigenvalue weighted by Gasteiger charge is -2.20. The average molecular weight is 1280 g/mol. The molecule has 0 aliphatic carbocycles. The lowest BCUT2D eigenvalue weighted by molar-refractivity contribution is -0.143. The smallest absolute Gasteiger partial charge is 0.305 e. The molecule has 0 bridgehead atoms. The second-order valence-corrected chi connectivity index (χ2v) is 28.8. The van der Waals surface area contributed by atoms with Crippen LogP contribution in [-0.2, 0) is 14.3 Å². The molecule has 2 unspecified atom stereocenters. The summed E-state index contributed by atoms with van der Waals surface area (Å²) in [4.78, 5) is 24.6. The van der Waals surface area contributed by atoms with Gasteiger partial charge in [-0.3, -0.25) is 9.59 Å². The van der Waals surface area contributed by atoms with Crippen LogP contribution in [0.15, 0.2) is 36.5 Å². The largest absolute Gasteiger partial charge is 0.466 e. The molecule has 0 aromatic carbocycles. The molecule has 538 valence electrons. The molecule has 0 aliphatic rings. The van der Waals surface area contributed by atoms with E-state index in [-0.39, 0.29) is 18.5 Å². The van der Waals surface area contributed by atoms with Crippen LogP contribution in [0, 0.1) is 0 Å². The van der Waals surface area contributed by atoms with E-state index in [1.165, 1.54) is 398 Å². The summed E-state index contributed by atoms with van der Waals surface area (Å²) in [6.45, 7) is 4.95. The topological polar surface area (TPSA) is 95.9 Å². The summed E-state index contributed by atoms with van der Waals surface area (Å²) in [5.41, 5.74) is 0. The van der Waals surface area contributed by atoms with E-state index < -0.39 is 12.1 Å². The minimum absolute atomic E-state index is 0.0205. The first kappa shape index (κ1) is 89.1. The molecule has 6 heteroatoms. The summed E-state index contributed by atoms with van der Waals surface area (Å²) in [7, 11) is 0. The Kier molecular flexibility index (Phi) is 78.8. The van der Waals surface area contributed by atoms with Crippen LogP contribution in [0.1, 0.15) is 470 Å². The van der Waals surface area contributed by atoms with Gasteiger partial charge in [-0.25, -0.2) is 0 Å². The molecular weight excluding hydrogens is 1110 g/mol. The van der Waals surface area contributed by atoms with Crippen molar-refractivity contribution in [1.29, 1.82) is 0 Å². The summed E-state index contributed by atoms with van der Waals surface area (Å²) in [6.07, 6.45) is 106. The molecule has 0 radical (unpaired) electrons. The zero-order chi connectivity index (χ0) is 65.6. The number of aliphatic hydroxyl groups is 2. The van der Waals surface area contributed by atoms with Crippen molar-refractivity contribution in [2.24, 2.45) is 0 Å². The van der Waals surface area contributed by atoms with E-state index in [9.17, 15) is 19.8 Å². The summed E-state index contributed by atoms with van der Waals surface area (Å²) >= 11 is 0. The molecule has 0 aromatic rings. The van der Waals surface area contributed by atoms with Crippen LogP contribution in [0.2, 0.25) is 0 Å². The summed E-state index contributed by atoms with van der Waals surface area (Å²) in [5, 5.41) is 23.3. The first-order valence-corrected chi connectivity index (χ1v) is 41.8. The monoisotopic (exact) mass is 1280 g/mol. The van der Waals surface area contributed by atoms with E-state index in [2.05, 4.69) is 43.5 Å². The number of aliphatic hydroxyl groups excluding tert-OH is 2. The number of esters is 1. The molecular formula is C85H163NO5. The fraction of sp³-hybridized carbons (Fsp3) is 0.906. The number of hydrogen-bond acceptors (Lipinski definition) is 5. The fourth-order valence-electron chi connectivity index (χ4n) is 13.3. The van der Waals surface area contributed by atoms with Gasteiger partial charge in [0.2, 0.25) is 5.91 Å². The number of rotatable bonds is 79. The number of nitrogens with one attached hydrogen (secondary N) is 1. The van der Waals surface area contributed by atoms with Crippen LogP contribution in [-0.4, -0.2) is 47.4 Å². The maximum Gasteiger partial charge on any atom is 0.305 e. The Bertz CT molecular complexity index is 1470. The van der Waals surface area contributed by atoms with E-state index in [0.717, 1.165) is 44.9 Å². The van der Waals surface area contributed by atoms with Crippen LogP contribution in [0.3, 0.4) is 0 Å². The number of ether oxygens (including phenoxy) is 1. The first-order valence-electron chi connectivity index (χ1n) is 41.8. The highest BCUT2D eigenvalue weighted by atomic mass is 16.5. The number of unbranched alkanes of at least 4 members (excludes halogenated alkanes) is 64. The van der Waals surface area contributed by atoms with Gasteiger partial charge in [0.15, 0.2) is 0 Å². The summed E-state index contributed by atoms with van der Waals surface area (Å²) < 4.78 is 5.48. The van der Waals surface area contributed by atoms with E-state index in [4.69, 9.17) is 4.74 Å². The first-order chi connectivity index (χ1) is 45.0. The van der Waals surface area contributed by atoms with Crippen LogP contribution < -0.4 is 5.32 Å². The third-order valence-corrected chi connectivity index (χ3v) is 19.7. The molecule has 91 heavy (non-hydrogen) atoms. The highest BCUT2D eigenvalue weighted by molar-refractivity contribution is 5.76. The SMILES string of the molecule is CCCCCCCCCCCCCCCCCCCCCCCC/C=C/C(O)C(CO)NC(=O)CCCCCCCCCCCCCCCCCCC/C=C\C/C=C\CCCCCCCCCCCCCCCCCOC(=O)CCCCCCCCCCCCC. The summed E-state index contributed by atoms with van der Waals surface area (Å²) in [6, 6.07) is -0.627. The molecule has 0 spiro atoms. The van der Waals surface area contributed by atoms with Crippen molar-refractivity contribution in [3.63, 3.8) is 0 Å². The predicted molar refractivity (Wildman–Crippen MR) is 403 cm³/mol. The Hall–Kier alpha value is -1.92. The van der Waals surface area contributed by atoms with E-state index in [1.54, 1.807) is 6.08 Å². The molecule has 3 N–H and O–H groups in total. The maximum absolute atomic E-state index is 12.6. The number of carbonyl (C=O) groups excluding carboxylic acids is 2. The van der Waals surface area contributed by atoms with E-state index in [1.807, 2.05) is 6.08 Å². The molecule has 0 saturated heterocycles. The number of amides is 1. The average Bonchev–Trinajstić information content (AvgIpc) is 3.75. The molecule has 0 aromatic heterocycles. The number of hydrogen-bond donors (Lipinski definition) is 3. The minimum atomic E-state index is -0.844. The Morgan fingerprint density at radius 1 is 0.308 bits per heavy atom. The standard InChI is InChI=1S/C85H163NO5/c1-3-5-7-9-11-13-15-16-17-18-19-20-21-39-42-45-48-51-54-58-61-65-69-73-77-83(88)82(81-87)86-84(89)78-74-70-66-62-59-55-52-49-46-43-40-37-35-33-31-29-27-25-23-22-24-26-28-30-32-34-36-38-41-44-47-50-53-56-60-64-68-72-76-80-91-85(90)79-75-71-67-63-57-14-12-10-8-6-4-2/h22-23,26,28,73,77,82-83,87-88H,3-21,24-25,27,29-72,74-76,78-81H2,1-2H3,(H,86,89)/b23-22-,28-26-,77-73+. The Labute approximate surface area is 570 Å². The molecule has 0 heterocycles. The van der Waals surface area contributed by atoms with Crippen molar-refractivity contribution < 1.29 is 24.5 Å². The third kappa shape index (κ3) is 77.0. The molecule has 0 aliphatic heterocycles. The quantitative estimate of drug-likeness (QED) is 0.0320. The fourth-order valence-corrected chi connectivity index (χ4v) is 13.3. The van der Waals surface area contributed by atoms with Gasteiger partial charge in [-0.15, -0.1) is 0 Å². The van der Waals surface area contributed by atoms with Crippen molar-refractivity contribution in [1.82, 2.24) is 5.32 Å². The molecule has 0 saturated carbocycles. The molecule has 0 rings (SSSR count). The van der Waals surface area contributed by atoms with E-state index in [0.29, 0.717) is 19.4 Å². The van der Waals surface area contributed by atoms with Gasteiger partial charge in [-0.2, -0.15) is 0 Å². The van der Waals surface area contributed by atoms with Crippen LogP contribution >= 0.6 is 0 Å². The molecule has 2 atom stereocenters. The van der Waals surface area contributed by atoms with Gasteiger partial charge in [0, 0.05) is 12.8 Å². The van der Waals surface area contributed by atoms with Crippen molar-refractivity contribution in [2.45, 2.75) is 482 Å². The molecule has 6 nitrogen and oxygen atoms in total. The molecule has 1 amide bonds. The lowest BCUT2D eigenvalue weighted by atomic mass is 10.0. The van der Waals surface area contributed by atoms with Gasteiger partial charge in [-0.05, 0) is 64.2 Å². The Morgan fingerprint density at radius 2 is 0.549 bits per heavy atom. The zero-order valence-corrected chi connectivity index (χ0v) is 61.9. The lowest BCUT2D eigenvalue weighted by Crippen LogP contribution is -2.45. The Morgan fingerprint density at radius 3 is 0.835 bits per heavy atom. The van der Waals surface area contributed by atoms with Crippen molar-refractivity contribution in [3.8, 4) is 0 Å². The van der Waals surface area contributed by atoms with Gasteiger partial charge >= 0.3 is 5.97 Å². The van der Waals surface area contributed by atoms with Gasteiger partial charge < -0.3 is 20.3 Å². The zero-order valence-electron chi connectivity index (χ0n) is 61.9. The number of carbonyl (C=O) groups is 2. The van der Waals surface area contributed by atoms with Gasteiger partial charge in [0.05, 0.1) is 25.4 Å². The van der Waals surface area contributed by atoms with Crippen molar-refractivity contribution in [2.75, 3.05) is 13.2 Å². The van der Waals surface area contributed by atoms with Crippen LogP contribution in [0.25, 0.3) is 0 Å². The van der Waals surface area contributed by atoms with Crippen LogP contribution in [0.4, 0.5) is 0 Å². The second kappa shape index (κ2) is 80.5.